The van der Waals surface area contributed by atoms with Crippen LogP contribution in [0, 0.1) is 0 Å². The molecular formula is C14H20N2O4. The Morgan fingerprint density at radius 2 is 1.85 bits per heavy atom. The normalized spacial score (nSPS) is 10.6. The van der Waals surface area contributed by atoms with Gasteiger partial charge in [-0.1, -0.05) is 12.1 Å². The van der Waals surface area contributed by atoms with Crippen molar-refractivity contribution in [3.05, 3.63) is 29.8 Å². The lowest BCUT2D eigenvalue weighted by molar-refractivity contribution is 0.0515. The fourth-order valence-corrected chi connectivity index (χ4v) is 1.40. The van der Waals surface area contributed by atoms with Gasteiger partial charge in [-0.05, 0) is 39.8 Å². The molecule has 0 radical (unpaired) electrons. The summed E-state index contributed by atoms with van der Waals surface area (Å²) in [5.74, 6) is -0.457. The van der Waals surface area contributed by atoms with Gasteiger partial charge in [0.25, 0.3) is 0 Å². The lowest BCUT2D eigenvalue weighted by Gasteiger charge is -2.20. The number of hydrogen-bond acceptors (Lipinski definition) is 5. The van der Waals surface area contributed by atoms with Gasteiger partial charge in [0.1, 0.15) is 5.60 Å². The molecule has 0 saturated heterocycles. The van der Waals surface area contributed by atoms with Crippen LogP contribution in [-0.4, -0.2) is 24.3 Å². The number of anilines is 1. The molecular weight excluding hydrogens is 260 g/mol. The van der Waals surface area contributed by atoms with Crippen molar-refractivity contribution in [3.63, 3.8) is 0 Å². The molecule has 1 rings (SSSR count). The van der Waals surface area contributed by atoms with Crippen molar-refractivity contribution in [3.8, 4) is 0 Å². The highest BCUT2D eigenvalue weighted by Gasteiger charge is 2.17. The van der Waals surface area contributed by atoms with Crippen LogP contribution >= 0.6 is 0 Å². The van der Waals surface area contributed by atoms with Crippen LogP contribution in [0.15, 0.2) is 24.3 Å². The van der Waals surface area contributed by atoms with E-state index in [1.165, 1.54) is 0 Å². The summed E-state index contributed by atoms with van der Waals surface area (Å²) in [5.41, 5.74) is 5.21. The Morgan fingerprint density at radius 3 is 2.45 bits per heavy atom. The number of hydrazine groups is 1. The molecule has 0 aliphatic carbocycles. The maximum Gasteiger partial charge on any atom is 0.426 e. The van der Waals surface area contributed by atoms with E-state index in [0.717, 1.165) is 0 Å². The van der Waals surface area contributed by atoms with Crippen molar-refractivity contribution in [1.82, 2.24) is 5.43 Å². The fraction of sp³-hybridized carbons (Fsp3) is 0.429. The third-order valence-corrected chi connectivity index (χ3v) is 2.12. The first kappa shape index (κ1) is 15.8. The predicted octanol–water partition coefficient (Wildman–Crippen LogP) is 2.71. The van der Waals surface area contributed by atoms with Crippen molar-refractivity contribution in [1.29, 1.82) is 0 Å². The summed E-state index contributed by atoms with van der Waals surface area (Å²) < 4.78 is 10.0. The maximum absolute atomic E-state index is 11.7. The minimum absolute atomic E-state index is 0.284. The summed E-state index contributed by atoms with van der Waals surface area (Å²) in [6.07, 6.45) is -0.629. The Morgan fingerprint density at radius 1 is 1.20 bits per heavy atom. The SMILES string of the molecule is CCOC(=O)c1ccccc1NNC(=O)OC(C)(C)C. The number of carbonyl (C=O) groups is 2. The zero-order valence-corrected chi connectivity index (χ0v) is 12.1. The quantitative estimate of drug-likeness (QED) is 0.655. The number of hydrogen-bond donors (Lipinski definition) is 2. The summed E-state index contributed by atoms with van der Waals surface area (Å²) in [4.78, 5) is 23.3. The van der Waals surface area contributed by atoms with Crippen LogP contribution in [0.3, 0.4) is 0 Å². The average Bonchev–Trinajstić information content (AvgIpc) is 2.35. The van der Waals surface area contributed by atoms with Gasteiger partial charge in [0.15, 0.2) is 0 Å². The van der Waals surface area contributed by atoms with E-state index < -0.39 is 17.7 Å². The molecule has 110 valence electrons. The molecule has 1 amide bonds. The lowest BCUT2D eigenvalue weighted by Crippen LogP contribution is -2.36. The first-order chi connectivity index (χ1) is 9.33. The van der Waals surface area contributed by atoms with Gasteiger partial charge in [-0.3, -0.25) is 5.43 Å². The van der Waals surface area contributed by atoms with E-state index in [2.05, 4.69) is 10.9 Å². The molecule has 0 aliphatic heterocycles. The van der Waals surface area contributed by atoms with Crippen molar-refractivity contribution >= 4 is 17.7 Å². The fourth-order valence-electron chi connectivity index (χ4n) is 1.40. The second-order valence-electron chi connectivity index (χ2n) is 5.02. The van der Waals surface area contributed by atoms with Gasteiger partial charge in [0, 0.05) is 0 Å². The van der Waals surface area contributed by atoms with E-state index in [1.807, 2.05) is 0 Å². The third kappa shape index (κ3) is 5.17. The molecule has 0 atom stereocenters. The van der Waals surface area contributed by atoms with E-state index in [9.17, 15) is 9.59 Å². The number of para-hydroxylation sites is 1. The van der Waals surface area contributed by atoms with Crippen molar-refractivity contribution in [2.24, 2.45) is 0 Å². The Kier molecular flexibility index (Phi) is 5.37. The molecule has 0 saturated carbocycles. The molecule has 6 heteroatoms. The first-order valence-electron chi connectivity index (χ1n) is 6.34. The second-order valence-corrected chi connectivity index (χ2v) is 5.02. The van der Waals surface area contributed by atoms with Gasteiger partial charge in [-0.15, -0.1) is 0 Å². The zero-order valence-electron chi connectivity index (χ0n) is 12.1. The van der Waals surface area contributed by atoms with Crippen LogP contribution in [0.25, 0.3) is 0 Å². The van der Waals surface area contributed by atoms with E-state index in [1.54, 1.807) is 52.0 Å². The van der Waals surface area contributed by atoms with Crippen molar-refractivity contribution < 1.29 is 19.1 Å². The van der Waals surface area contributed by atoms with Crippen LogP contribution in [0.5, 0.6) is 0 Å². The molecule has 0 spiro atoms. The third-order valence-electron chi connectivity index (χ3n) is 2.12. The number of nitrogens with one attached hydrogen (secondary N) is 2. The topological polar surface area (TPSA) is 76.7 Å². The van der Waals surface area contributed by atoms with Crippen LogP contribution in [0.4, 0.5) is 10.5 Å². The molecule has 6 nitrogen and oxygen atoms in total. The number of benzene rings is 1. The molecule has 2 N–H and O–H groups in total. The summed E-state index contributed by atoms with van der Waals surface area (Å²) in [5, 5.41) is 0. The molecule has 0 unspecified atom stereocenters. The molecule has 20 heavy (non-hydrogen) atoms. The van der Waals surface area contributed by atoms with Crippen LogP contribution in [0.2, 0.25) is 0 Å². The largest absolute Gasteiger partial charge is 0.462 e. The summed E-state index contributed by atoms with van der Waals surface area (Å²) in [7, 11) is 0. The number of amides is 1. The highest BCUT2D eigenvalue weighted by atomic mass is 16.6. The molecule has 0 aliphatic rings. The van der Waals surface area contributed by atoms with Gasteiger partial charge in [-0.2, -0.15) is 0 Å². The van der Waals surface area contributed by atoms with Crippen LogP contribution in [0.1, 0.15) is 38.1 Å². The summed E-state index contributed by atoms with van der Waals surface area (Å²) in [6, 6.07) is 6.72. The van der Waals surface area contributed by atoms with Gasteiger partial charge >= 0.3 is 12.1 Å². The lowest BCUT2D eigenvalue weighted by atomic mass is 10.2. The minimum atomic E-state index is -0.629. The van der Waals surface area contributed by atoms with E-state index in [4.69, 9.17) is 9.47 Å². The predicted molar refractivity (Wildman–Crippen MR) is 75.4 cm³/mol. The summed E-state index contributed by atoms with van der Waals surface area (Å²) >= 11 is 0. The van der Waals surface area contributed by atoms with E-state index >= 15 is 0 Å². The Bertz CT molecular complexity index is 480. The number of rotatable bonds is 4. The molecule has 0 bridgehead atoms. The standard InChI is InChI=1S/C14H20N2O4/c1-5-19-12(17)10-8-6-7-9-11(10)15-16-13(18)20-14(2,3)4/h6-9,15H,5H2,1-4H3,(H,16,18). The van der Waals surface area contributed by atoms with E-state index in [0.29, 0.717) is 11.3 Å². The van der Waals surface area contributed by atoms with Gasteiger partial charge < -0.3 is 9.47 Å². The Hall–Kier alpha value is -2.24. The average molecular weight is 280 g/mol. The Labute approximate surface area is 118 Å². The number of carbonyl (C=O) groups excluding carboxylic acids is 2. The Balaban J connectivity index is 2.69. The monoisotopic (exact) mass is 280 g/mol. The molecule has 0 heterocycles. The highest BCUT2D eigenvalue weighted by Crippen LogP contribution is 2.15. The van der Waals surface area contributed by atoms with Gasteiger partial charge in [0.2, 0.25) is 0 Å². The molecule has 0 aromatic heterocycles. The highest BCUT2D eigenvalue weighted by molar-refractivity contribution is 5.95. The number of ether oxygens (including phenoxy) is 2. The molecule has 1 aromatic rings. The number of esters is 1. The first-order valence-corrected chi connectivity index (χ1v) is 6.34. The van der Waals surface area contributed by atoms with Gasteiger partial charge in [-0.25, -0.2) is 15.0 Å². The summed E-state index contributed by atoms with van der Waals surface area (Å²) in [6.45, 7) is 7.30. The molecule has 1 aromatic carbocycles. The molecule has 0 fully saturated rings. The smallest absolute Gasteiger partial charge is 0.426 e. The van der Waals surface area contributed by atoms with Crippen LogP contribution in [-0.2, 0) is 9.47 Å². The van der Waals surface area contributed by atoms with Crippen LogP contribution < -0.4 is 10.9 Å². The second kappa shape index (κ2) is 6.79. The zero-order chi connectivity index (χ0) is 15.2. The van der Waals surface area contributed by atoms with Crippen molar-refractivity contribution in [2.45, 2.75) is 33.3 Å². The maximum atomic E-state index is 11.7. The van der Waals surface area contributed by atoms with Crippen molar-refractivity contribution in [2.75, 3.05) is 12.0 Å². The minimum Gasteiger partial charge on any atom is -0.462 e. The van der Waals surface area contributed by atoms with Gasteiger partial charge in [0.05, 0.1) is 17.9 Å². The van der Waals surface area contributed by atoms with E-state index in [-0.39, 0.29) is 6.61 Å².